The van der Waals surface area contributed by atoms with Crippen LogP contribution in [0.5, 0.6) is 0 Å². The highest BCUT2D eigenvalue weighted by atomic mass is 16.5. The first-order chi connectivity index (χ1) is 8.49. The van der Waals surface area contributed by atoms with Crippen molar-refractivity contribution < 1.29 is 9.53 Å². The Morgan fingerprint density at radius 2 is 2.00 bits per heavy atom. The van der Waals surface area contributed by atoms with Crippen molar-refractivity contribution in [1.29, 1.82) is 0 Å². The Balaban J connectivity index is 1.87. The van der Waals surface area contributed by atoms with E-state index in [2.05, 4.69) is 19.2 Å². The molecule has 1 saturated heterocycles. The molecule has 1 saturated carbocycles. The Morgan fingerprint density at radius 1 is 1.33 bits per heavy atom. The fraction of sp³-hybridized carbons (Fsp3) is 0.929. The number of carbonyl (C=O) groups excluding carboxylic acids is 1. The minimum atomic E-state index is -0.140. The van der Waals surface area contributed by atoms with E-state index in [4.69, 9.17) is 4.74 Å². The van der Waals surface area contributed by atoms with Crippen molar-refractivity contribution in [2.45, 2.75) is 51.6 Å². The second-order valence-corrected chi connectivity index (χ2v) is 6.43. The van der Waals surface area contributed by atoms with Crippen LogP contribution in [0.2, 0.25) is 0 Å². The maximum atomic E-state index is 12.3. The standard InChI is InChI=1S/C14H26N2O2/c1-14(2)6-4-11(5-7-14)16(3)13(17)12-10-18-9-8-15-12/h11-12,15H,4-10H2,1-3H3. The Kier molecular flexibility index (Phi) is 4.28. The molecule has 0 aromatic heterocycles. The van der Waals surface area contributed by atoms with Gasteiger partial charge in [-0.25, -0.2) is 0 Å². The summed E-state index contributed by atoms with van der Waals surface area (Å²) >= 11 is 0. The van der Waals surface area contributed by atoms with E-state index >= 15 is 0 Å². The molecule has 1 amide bonds. The average molecular weight is 254 g/mol. The van der Waals surface area contributed by atoms with Crippen LogP contribution in [-0.2, 0) is 9.53 Å². The van der Waals surface area contributed by atoms with Crippen molar-refractivity contribution in [3.05, 3.63) is 0 Å². The number of rotatable bonds is 2. The first-order valence-electron chi connectivity index (χ1n) is 7.07. The SMILES string of the molecule is CN(C(=O)C1COCCN1)C1CCC(C)(C)CC1. The van der Waals surface area contributed by atoms with E-state index in [9.17, 15) is 4.79 Å². The van der Waals surface area contributed by atoms with Crippen LogP contribution in [0.3, 0.4) is 0 Å². The Morgan fingerprint density at radius 3 is 2.56 bits per heavy atom. The fourth-order valence-electron chi connectivity index (χ4n) is 2.92. The van der Waals surface area contributed by atoms with Gasteiger partial charge in [0.2, 0.25) is 5.91 Å². The molecule has 0 bridgehead atoms. The summed E-state index contributed by atoms with van der Waals surface area (Å²) in [6, 6.07) is 0.271. The number of nitrogens with one attached hydrogen (secondary N) is 1. The van der Waals surface area contributed by atoms with Crippen LogP contribution in [0.4, 0.5) is 0 Å². The third kappa shape index (κ3) is 3.23. The summed E-state index contributed by atoms with van der Waals surface area (Å²) in [5.74, 6) is 0.194. The van der Waals surface area contributed by atoms with Crippen molar-refractivity contribution in [3.63, 3.8) is 0 Å². The zero-order valence-electron chi connectivity index (χ0n) is 11.9. The normalized spacial score (nSPS) is 28.9. The molecule has 4 nitrogen and oxygen atoms in total. The van der Waals surface area contributed by atoms with Crippen LogP contribution in [0.25, 0.3) is 0 Å². The van der Waals surface area contributed by atoms with Crippen molar-refractivity contribution in [2.75, 3.05) is 26.8 Å². The third-order valence-corrected chi connectivity index (χ3v) is 4.42. The maximum absolute atomic E-state index is 12.3. The van der Waals surface area contributed by atoms with Crippen LogP contribution >= 0.6 is 0 Å². The summed E-state index contributed by atoms with van der Waals surface area (Å²) in [7, 11) is 1.95. The molecule has 1 atom stereocenters. The van der Waals surface area contributed by atoms with Gasteiger partial charge in [0.1, 0.15) is 6.04 Å². The molecule has 18 heavy (non-hydrogen) atoms. The summed E-state index contributed by atoms with van der Waals surface area (Å²) in [6.07, 6.45) is 4.68. The predicted molar refractivity (Wildman–Crippen MR) is 71.4 cm³/mol. The van der Waals surface area contributed by atoms with Crippen LogP contribution in [0, 0.1) is 5.41 Å². The monoisotopic (exact) mass is 254 g/mol. The number of hydrogen-bond acceptors (Lipinski definition) is 3. The highest BCUT2D eigenvalue weighted by Crippen LogP contribution is 2.36. The summed E-state index contributed by atoms with van der Waals surface area (Å²) in [4.78, 5) is 14.3. The van der Waals surface area contributed by atoms with Gasteiger partial charge in [0.05, 0.1) is 13.2 Å². The van der Waals surface area contributed by atoms with Gasteiger partial charge in [0.25, 0.3) is 0 Å². The van der Waals surface area contributed by atoms with Gasteiger partial charge in [0.15, 0.2) is 0 Å². The average Bonchev–Trinajstić information content (AvgIpc) is 2.38. The van der Waals surface area contributed by atoms with Gasteiger partial charge in [0, 0.05) is 19.6 Å². The van der Waals surface area contributed by atoms with Gasteiger partial charge >= 0.3 is 0 Å². The molecule has 1 aliphatic heterocycles. The fourth-order valence-corrected chi connectivity index (χ4v) is 2.92. The highest BCUT2D eigenvalue weighted by Gasteiger charge is 2.33. The van der Waals surface area contributed by atoms with Gasteiger partial charge < -0.3 is 15.0 Å². The molecule has 104 valence electrons. The van der Waals surface area contributed by atoms with Crippen molar-refractivity contribution >= 4 is 5.91 Å². The number of amides is 1. The summed E-state index contributed by atoms with van der Waals surface area (Å²) < 4.78 is 5.36. The number of ether oxygens (including phenoxy) is 1. The first kappa shape index (κ1) is 13.8. The second kappa shape index (κ2) is 5.57. The van der Waals surface area contributed by atoms with Crippen LogP contribution in [0.1, 0.15) is 39.5 Å². The van der Waals surface area contributed by atoms with Crippen molar-refractivity contribution in [3.8, 4) is 0 Å². The van der Waals surface area contributed by atoms with Crippen LogP contribution in [0.15, 0.2) is 0 Å². The number of hydrogen-bond donors (Lipinski definition) is 1. The number of carbonyl (C=O) groups is 1. The lowest BCUT2D eigenvalue weighted by atomic mass is 9.75. The zero-order chi connectivity index (χ0) is 13.2. The molecule has 1 aliphatic carbocycles. The van der Waals surface area contributed by atoms with E-state index in [0.717, 1.165) is 19.4 Å². The van der Waals surface area contributed by atoms with Gasteiger partial charge in [-0.1, -0.05) is 13.8 Å². The molecule has 0 radical (unpaired) electrons. The lowest BCUT2D eigenvalue weighted by molar-refractivity contribution is -0.138. The number of morpholine rings is 1. The molecule has 4 heteroatoms. The minimum absolute atomic E-state index is 0.140. The Labute approximate surface area is 110 Å². The molecule has 1 unspecified atom stereocenters. The molecule has 2 fully saturated rings. The van der Waals surface area contributed by atoms with E-state index in [0.29, 0.717) is 24.7 Å². The van der Waals surface area contributed by atoms with E-state index in [-0.39, 0.29) is 11.9 Å². The molecular formula is C14H26N2O2. The van der Waals surface area contributed by atoms with Crippen LogP contribution < -0.4 is 5.32 Å². The van der Waals surface area contributed by atoms with E-state index < -0.39 is 0 Å². The van der Waals surface area contributed by atoms with Crippen LogP contribution in [-0.4, -0.2) is 49.7 Å². The zero-order valence-corrected chi connectivity index (χ0v) is 11.9. The Bertz CT molecular complexity index is 288. The van der Waals surface area contributed by atoms with Gasteiger partial charge in [-0.05, 0) is 31.1 Å². The summed E-state index contributed by atoms with van der Waals surface area (Å²) in [5.41, 5.74) is 0.451. The molecule has 0 spiro atoms. The molecular weight excluding hydrogens is 228 g/mol. The first-order valence-corrected chi connectivity index (χ1v) is 7.07. The quantitative estimate of drug-likeness (QED) is 0.810. The van der Waals surface area contributed by atoms with E-state index in [1.807, 2.05) is 11.9 Å². The molecule has 2 rings (SSSR count). The summed E-state index contributed by atoms with van der Waals surface area (Å²) in [5, 5.41) is 3.24. The lowest BCUT2D eigenvalue weighted by Gasteiger charge is -2.40. The second-order valence-electron chi connectivity index (χ2n) is 6.43. The van der Waals surface area contributed by atoms with Crippen molar-refractivity contribution in [2.24, 2.45) is 5.41 Å². The Hall–Kier alpha value is -0.610. The van der Waals surface area contributed by atoms with Gasteiger partial charge in [-0.3, -0.25) is 4.79 Å². The molecule has 0 aromatic rings. The number of nitrogens with zero attached hydrogens (tertiary/aromatic N) is 1. The van der Waals surface area contributed by atoms with E-state index in [1.165, 1.54) is 12.8 Å². The molecule has 0 aromatic carbocycles. The van der Waals surface area contributed by atoms with E-state index in [1.54, 1.807) is 0 Å². The maximum Gasteiger partial charge on any atom is 0.242 e. The number of likely N-dealkylation sites (N-methyl/N-ethyl adjacent to an activating group) is 1. The largest absolute Gasteiger partial charge is 0.378 e. The summed E-state index contributed by atoms with van der Waals surface area (Å²) in [6.45, 7) is 6.65. The smallest absolute Gasteiger partial charge is 0.242 e. The van der Waals surface area contributed by atoms with Crippen molar-refractivity contribution in [1.82, 2.24) is 10.2 Å². The highest BCUT2D eigenvalue weighted by molar-refractivity contribution is 5.82. The van der Waals surface area contributed by atoms with Gasteiger partial charge in [-0.15, -0.1) is 0 Å². The lowest BCUT2D eigenvalue weighted by Crippen LogP contribution is -2.54. The molecule has 2 aliphatic rings. The van der Waals surface area contributed by atoms with Gasteiger partial charge in [-0.2, -0.15) is 0 Å². The predicted octanol–water partition coefficient (Wildman–Crippen LogP) is 1.40. The topological polar surface area (TPSA) is 41.6 Å². The molecule has 1 N–H and O–H groups in total. The molecule has 1 heterocycles. The minimum Gasteiger partial charge on any atom is -0.378 e. The third-order valence-electron chi connectivity index (χ3n) is 4.42.